The predicted molar refractivity (Wildman–Crippen MR) is 172 cm³/mol. The minimum absolute atomic E-state index is 0.184. The van der Waals surface area contributed by atoms with E-state index in [1.165, 1.54) is 6.33 Å². The van der Waals surface area contributed by atoms with E-state index in [9.17, 15) is 4.79 Å². The van der Waals surface area contributed by atoms with Crippen LogP contribution in [-0.2, 0) is 11.4 Å². The third-order valence-corrected chi connectivity index (χ3v) is 7.76. The second-order valence-electron chi connectivity index (χ2n) is 10.4. The summed E-state index contributed by atoms with van der Waals surface area (Å²) in [5.41, 5.74) is 4.69. The highest BCUT2D eigenvalue weighted by Gasteiger charge is 2.19. The van der Waals surface area contributed by atoms with Crippen molar-refractivity contribution in [2.75, 3.05) is 24.2 Å². The van der Waals surface area contributed by atoms with Crippen molar-refractivity contribution in [2.45, 2.75) is 25.5 Å². The number of fused-ring (bicyclic) bond motifs is 1. The van der Waals surface area contributed by atoms with Crippen molar-refractivity contribution in [2.24, 2.45) is 0 Å². The van der Waals surface area contributed by atoms with Crippen LogP contribution in [0.15, 0.2) is 104 Å². The maximum Gasteiger partial charge on any atom is 0.248 e. The number of hydrogen-bond acceptors (Lipinski definition) is 7. The number of ether oxygens (including phenoxy) is 1. The van der Waals surface area contributed by atoms with Crippen LogP contribution >= 0.6 is 11.6 Å². The first-order chi connectivity index (χ1) is 21.0. The molecule has 1 saturated heterocycles. The average Bonchev–Trinajstić information content (AvgIpc) is 3.45. The maximum atomic E-state index is 13.1. The number of likely N-dealkylation sites (N-methyl/N-ethyl adjacent to an activating group) is 1. The molecule has 1 atom stereocenters. The van der Waals surface area contributed by atoms with Crippen LogP contribution in [0, 0.1) is 0 Å². The van der Waals surface area contributed by atoms with Crippen molar-refractivity contribution < 1.29 is 9.53 Å². The molecule has 5 aromatic rings. The van der Waals surface area contributed by atoms with Gasteiger partial charge in [0.2, 0.25) is 5.91 Å². The molecule has 1 aliphatic heterocycles. The zero-order valence-corrected chi connectivity index (χ0v) is 24.5. The molecule has 9 heteroatoms. The van der Waals surface area contributed by atoms with Gasteiger partial charge >= 0.3 is 0 Å². The molecule has 8 nitrogen and oxygen atoms in total. The lowest BCUT2D eigenvalue weighted by atomic mass is 9.98. The van der Waals surface area contributed by atoms with E-state index in [2.05, 4.69) is 37.5 Å². The highest BCUT2D eigenvalue weighted by atomic mass is 35.5. The Kier molecular flexibility index (Phi) is 8.58. The third kappa shape index (κ3) is 6.66. The van der Waals surface area contributed by atoms with Gasteiger partial charge < -0.3 is 15.4 Å². The van der Waals surface area contributed by atoms with Crippen molar-refractivity contribution in [1.82, 2.24) is 19.9 Å². The fourth-order valence-corrected chi connectivity index (χ4v) is 5.51. The van der Waals surface area contributed by atoms with Gasteiger partial charge in [0.1, 0.15) is 24.5 Å². The Morgan fingerprint density at radius 3 is 2.67 bits per heavy atom. The Balaban J connectivity index is 1.31. The molecular formula is C34H31ClN6O2. The van der Waals surface area contributed by atoms with Gasteiger partial charge in [-0.3, -0.25) is 14.7 Å². The highest BCUT2D eigenvalue weighted by Crippen LogP contribution is 2.39. The number of nitrogens with zero attached hydrogens (tertiary/aromatic N) is 4. The third-order valence-electron chi connectivity index (χ3n) is 7.47. The van der Waals surface area contributed by atoms with Crippen LogP contribution in [-0.4, -0.2) is 45.4 Å². The molecule has 2 aromatic heterocycles. The lowest BCUT2D eigenvalue weighted by Gasteiger charge is -2.17. The zero-order chi connectivity index (χ0) is 29.6. The summed E-state index contributed by atoms with van der Waals surface area (Å²) in [4.78, 5) is 28.8. The fourth-order valence-electron chi connectivity index (χ4n) is 5.28. The fraction of sp³-hybridized carbons (Fsp3) is 0.176. The average molecular weight is 591 g/mol. The summed E-state index contributed by atoms with van der Waals surface area (Å²) in [6, 6.07) is 25.1. The first-order valence-corrected chi connectivity index (χ1v) is 14.5. The summed E-state index contributed by atoms with van der Waals surface area (Å²) in [6.07, 6.45) is 9.05. The Hall–Kier alpha value is -4.79. The number of nitrogens with one attached hydrogen (secondary N) is 2. The molecule has 3 aromatic carbocycles. The normalized spacial score (nSPS) is 15.2. The number of pyridine rings is 1. The Morgan fingerprint density at radius 1 is 1.05 bits per heavy atom. The number of halogens is 1. The zero-order valence-electron chi connectivity index (χ0n) is 23.7. The molecule has 1 aliphatic rings. The van der Waals surface area contributed by atoms with Gasteiger partial charge in [0.25, 0.3) is 0 Å². The minimum Gasteiger partial charge on any atom is -0.486 e. The number of amides is 1. The van der Waals surface area contributed by atoms with Crippen molar-refractivity contribution in [3.05, 3.63) is 114 Å². The molecule has 6 rings (SSSR count). The first-order valence-electron chi connectivity index (χ1n) is 14.2. The number of aromatic nitrogens is 3. The van der Waals surface area contributed by atoms with Gasteiger partial charge in [-0.15, -0.1) is 0 Å². The SMILES string of the molecule is CN1CCC[C@@H]1/C=C/C(=O)Nc1ccc2ncnc(Nc3ccc(OCc4ccccn4)c(Cl)c3)c2c1-c1ccccc1. The first kappa shape index (κ1) is 28.3. The van der Waals surface area contributed by atoms with E-state index in [1.807, 2.05) is 78.9 Å². The maximum absolute atomic E-state index is 13.1. The van der Waals surface area contributed by atoms with Crippen LogP contribution in [0.4, 0.5) is 17.2 Å². The molecule has 0 saturated carbocycles. The standard InChI is InChI=1S/C34H31ClN6O2/c1-41-19-7-11-26(41)13-17-31(42)40-29-15-14-28-33(32(29)23-8-3-2-4-9-23)34(38-22-37-28)39-24-12-16-30(27(35)20-24)43-21-25-10-5-6-18-36-25/h2-6,8-10,12-18,20,22,26H,7,11,19,21H2,1H3,(H,40,42)(H,37,38,39)/b17-13+/t26-/m1/s1. The molecule has 1 fully saturated rings. The number of rotatable bonds is 9. The van der Waals surface area contributed by atoms with Crippen molar-refractivity contribution in [3.63, 3.8) is 0 Å². The van der Waals surface area contributed by atoms with Gasteiger partial charge in [0.15, 0.2) is 0 Å². The smallest absolute Gasteiger partial charge is 0.248 e. The van der Waals surface area contributed by atoms with Crippen LogP contribution in [0.1, 0.15) is 18.5 Å². The van der Waals surface area contributed by atoms with Crippen LogP contribution in [0.3, 0.4) is 0 Å². The molecule has 3 heterocycles. The largest absolute Gasteiger partial charge is 0.486 e. The second-order valence-corrected chi connectivity index (χ2v) is 10.8. The van der Waals surface area contributed by atoms with Crippen molar-refractivity contribution in [1.29, 1.82) is 0 Å². The lowest BCUT2D eigenvalue weighted by Crippen LogP contribution is -2.23. The van der Waals surface area contributed by atoms with Gasteiger partial charge in [-0.25, -0.2) is 9.97 Å². The van der Waals surface area contributed by atoms with Crippen LogP contribution < -0.4 is 15.4 Å². The van der Waals surface area contributed by atoms with Gasteiger partial charge in [-0.2, -0.15) is 0 Å². The molecule has 43 heavy (non-hydrogen) atoms. The molecule has 1 amide bonds. The quantitative estimate of drug-likeness (QED) is 0.175. The number of anilines is 3. The molecule has 2 N–H and O–H groups in total. The summed E-state index contributed by atoms with van der Waals surface area (Å²) in [5.74, 6) is 0.954. The predicted octanol–water partition coefficient (Wildman–Crippen LogP) is 7.26. The Morgan fingerprint density at radius 2 is 1.91 bits per heavy atom. The molecule has 216 valence electrons. The van der Waals surface area contributed by atoms with Crippen molar-refractivity contribution in [3.8, 4) is 16.9 Å². The number of benzene rings is 3. The summed E-state index contributed by atoms with van der Waals surface area (Å²) in [5, 5.41) is 7.75. The van der Waals surface area contributed by atoms with Crippen LogP contribution in [0.2, 0.25) is 5.02 Å². The second kappa shape index (κ2) is 13.0. The number of likely N-dealkylation sites (tertiary alicyclic amines) is 1. The molecule has 0 radical (unpaired) electrons. The number of carbonyl (C=O) groups excluding carboxylic acids is 1. The molecule has 0 bridgehead atoms. The van der Waals surface area contributed by atoms with E-state index in [0.29, 0.717) is 28.9 Å². The van der Waals surface area contributed by atoms with E-state index in [-0.39, 0.29) is 11.9 Å². The number of hydrogen-bond donors (Lipinski definition) is 2. The Labute approximate surface area is 255 Å². The molecule has 0 spiro atoms. The summed E-state index contributed by atoms with van der Waals surface area (Å²) in [6.45, 7) is 1.35. The van der Waals surface area contributed by atoms with E-state index in [1.54, 1.807) is 18.3 Å². The number of carbonyl (C=O) groups is 1. The van der Waals surface area contributed by atoms with Gasteiger partial charge in [-0.05, 0) is 74.5 Å². The highest BCUT2D eigenvalue weighted by molar-refractivity contribution is 6.32. The summed E-state index contributed by atoms with van der Waals surface area (Å²) in [7, 11) is 2.08. The van der Waals surface area contributed by atoms with Gasteiger partial charge in [0, 0.05) is 35.3 Å². The summed E-state index contributed by atoms with van der Waals surface area (Å²) >= 11 is 6.60. The van der Waals surface area contributed by atoms with E-state index >= 15 is 0 Å². The molecule has 0 aliphatic carbocycles. The van der Waals surface area contributed by atoms with E-state index in [4.69, 9.17) is 16.3 Å². The lowest BCUT2D eigenvalue weighted by molar-refractivity contribution is -0.111. The topological polar surface area (TPSA) is 92.3 Å². The minimum atomic E-state index is -0.184. The van der Waals surface area contributed by atoms with E-state index in [0.717, 1.165) is 52.8 Å². The van der Waals surface area contributed by atoms with Crippen LogP contribution in [0.5, 0.6) is 5.75 Å². The van der Waals surface area contributed by atoms with Crippen molar-refractivity contribution >= 4 is 45.6 Å². The van der Waals surface area contributed by atoms with Gasteiger partial charge in [-0.1, -0.05) is 54.1 Å². The van der Waals surface area contributed by atoms with E-state index < -0.39 is 0 Å². The van der Waals surface area contributed by atoms with Crippen LogP contribution in [0.25, 0.3) is 22.0 Å². The molecule has 0 unspecified atom stereocenters. The molecular weight excluding hydrogens is 560 g/mol. The summed E-state index contributed by atoms with van der Waals surface area (Å²) < 4.78 is 5.89. The van der Waals surface area contributed by atoms with Gasteiger partial charge in [0.05, 0.1) is 21.6 Å². The Bertz CT molecular complexity index is 1760. The monoisotopic (exact) mass is 590 g/mol.